The fraction of sp³-hybridized carbons (Fsp3) is 0.680. The molecule has 0 heterocycles. The normalized spacial score (nSPS) is 16.3. The molecule has 0 saturated carbocycles. The molecule has 1 aromatic carbocycles. The quantitative estimate of drug-likeness (QED) is 0.317. The van der Waals surface area contributed by atoms with Crippen molar-refractivity contribution < 1.29 is 14.6 Å². The van der Waals surface area contributed by atoms with Crippen molar-refractivity contribution in [3.05, 3.63) is 48.0 Å². The van der Waals surface area contributed by atoms with Crippen molar-refractivity contribution in [1.29, 1.82) is 0 Å². The lowest BCUT2D eigenvalue weighted by Crippen LogP contribution is -2.50. The molecule has 0 amide bonds. The molecule has 0 aliphatic carbocycles. The first kappa shape index (κ1) is 26.1. The second-order valence-electron chi connectivity index (χ2n) is 9.61. The number of benzene rings is 1. The molecule has 0 saturated heterocycles. The van der Waals surface area contributed by atoms with Crippen LogP contribution >= 0.6 is 0 Å². The summed E-state index contributed by atoms with van der Waals surface area (Å²) < 4.78 is 6.99. The first-order valence-electron chi connectivity index (χ1n) is 11.3. The molecule has 0 aliphatic rings. The first-order valence-corrected chi connectivity index (χ1v) is 13.4. The molecule has 0 aliphatic heterocycles. The van der Waals surface area contributed by atoms with Gasteiger partial charge in [-0.2, -0.15) is 0 Å². The molecule has 0 spiro atoms. The van der Waals surface area contributed by atoms with Gasteiger partial charge in [0, 0.05) is 0 Å². The molecule has 0 radical (unpaired) electrons. The van der Waals surface area contributed by atoms with Crippen LogP contribution in [0.5, 0.6) is 0 Å². The van der Waals surface area contributed by atoms with Crippen LogP contribution in [0.1, 0.15) is 67.4 Å². The van der Waals surface area contributed by atoms with Crippen LogP contribution in [0.2, 0.25) is 16.6 Å². The molecule has 0 bridgehead atoms. The highest BCUT2D eigenvalue weighted by Crippen LogP contribution is 2.43. The van der Waals surface area contributed by atoms with Gasteiger partial charge in [0.1, 0.15) is 0 Å². The third kappa shape index (κ3) is 7.36. The van der Waals surface area contributed by atoms with E-state index in [1.54, 1.807) is 6.08 Å². The van der Waals surface area contributed by atoms with Gasteiger partial charge in [-0.3, -0.25) is 0 Å². The average molecular weight is 421 g/mol. The minimum atomic E-state index is -2.05. The van der Waals surface area contributed by atoms with Crippen LogP contribution in [0.3, 0.4) is 0 Å². The Labute approximate surface area is 180 Å². The van der Waals surface area contributed by atoms with Crippen LogP contribution in [0.15, 0.2) is 42.5 Å². The molecule has 29 heavy (non-hydrogen) atoms. The zero-order valence-electron chi connectivity index (χ0n) is 19.8. The smallest absolute Gasteiger partial charge is 0.201 e. The van der Waals surface area contributed by atoms with Crippen LogP contribution in [0, 0.1) is 5.92 Å². The highest BCUT2D eigenvalue weighted by atomic mass is 28.4. The number of aliphatic hydroxyl groups excluding tert-OH is 2. The third-order valence-electron chi connectivity index (χ3n) is 6.18. The van der Waals surface area contributed by atoms with Crippen LogP contribution in [0.4, 0.5) is 0 Å². The van der Waals surface area contributed by atoms with Crippen LogP contribution in [-0.2, 0) is 10.8 Å². The Morgan fingerprint density at radius 2 is 1.34 bits per heavy atom. The summed E-state index contributed by atoms with van der Waals surface area (Å²) in [6, 6.07) is 10.5. The van der Waals surface area contributed by atoms with E-state index in [-0.39, 0.29) is 12.0 Å². The van der Waals surface area contributed by atoms with E-state index in [2.05, 4.69) is 65.8 Å². The number of rotatable bonds is 12. The summed E-state index contributed by atoms with van der Waals surface area (Å²) in [6.45, 7) is 17.6. The molecule has 0 aromatic heterocycles. The van der Waals surface area contributed by atoms with Gasteiger partial charge in [-0.25, -0.2) is 0 Å². The van der Waals surface area contributed by atoms with Gasteiger partial charge < -0.3 is 14.6 Å². The summed E-state index contributed by atoms with van der Waals surface area (Å²) in [5.41, 5.74) is 2.80. The lowest BCUT2D eigenvalue weighted by molar-refractivity contribution is 0.0177. The summed E-state index contributed by atoms with van der Waals surface area (Å²) in [5.74, 6) is 0.00814. The van der Waals surface area contributed by atoms with Crippen molar-refractivity contribution in [2.45, 2.75) is 103 Å². The Morgan fingerprint density at radius 3 is 1.79 bits per heavy atom. The Balaban J connectivity index is 3.10. The molecular weight excluding hydrogens is 376 g/mol. The number of aryl methyl sites for hydroxylation is 1. The summed E-state index contributed by atoms with van der Waals surface area (Å²) in [4.78, 5) is 0. The highest BCUT2D eigenvalue weighted by molar-refractivity contribution is 6.77. The molecule has 1 rings (SSSR count). The molecule has 166 valence electrons. The summed E-state index contributed by atoms with van der Waals surface area (Å²) >= 11 is 0. The standard InChI is InChI=1S/C25H44O3Si/c1-18(2)25(27)24(26)17-16-23(15-14-22-12-10-9-11-13-22)28-29(19(3)4,20(5)6)21(7)8/h9-13,16-21,23-27H,14-15H2,1-8H3/b17-16-/t23-,24-,25+/m0/s1. The Hall–Kier alpha value is -0.943. The fourth-order valence-corrected chi connectivity index (χ4v) is 10.1. The average Bonchev–Trinajstić information content (AvgIpc) is 2.66. The second kappa shape index (κ2) is 12.0. The van der Waals surface area contributed by atoms with Crippen molar-refractivity contribution in [2.24, 2.45) is 5.92 Å². The van der Waals surface area contributed by atoms with Crippen molar-refractivity contribution in [3.63, 3.8) is 0 Å². The maximum atomic E-state index is 10.4. The maximum absolute atomic E-state index is 10.4. The summed E-state index contributed by atoms with van der Waals surface area (Å²) in [5, 5.41) is 20.5. The first-order chi connectivity index (χ1) is 13.5. The maximum Gasteiger partial charge on any atom is 0.201 e. The van der Waals surface area contributed by atoms with Gasteiger partial charge >= 0.3 is 0 Å². The van der Waals surface area contributed by atoms with E-state index in [0.29, 0.717) is 16.6 Å². The van der Waals surface area contributed by atoms with E-state index in [1.165, 1.54) is 5.56 Å². The van der Waals surface area contributed by atoms with Crippen molar-refractivity contribution >= 4 is 8.32 Å². The summed E-state index contributed by atoms with van der Waals surface area (Å²) in [7, 11) is -2.05. The molecule has 3 atom stereocenters. The van der Waals surface area contributed by atoms with Gasteiger partial charge in [-0.15, -0.1) is 0 Å². The van der Waals surface area contributed by atoms with Gasteiger partial charge in [0.05, 0.1) is 18.3 Å². The lowest BCUT2D eigenvalue weighted by Gasteiger charge is -2.44. The van der Waals surface area contributed by atoms with E-state index in [4.69, 9.17) is 4.43 Å². The molecule has 4 heteroatoms. The molecule has 0 unspecified atom stereocenters. The van der Waals surface area contributed by atoms with Gasteiger partial charge in [-0.1, -0.05) is 97.9 Å². The molecule has 0 fully saturated rings. The lowest BCUT2D eigenvalue weighted by atomic mass is 10.0. The predicted octanol–water partition coefficient (Wildman–Crippen LogP) is 6.11. The van der Waals surface area contributed by atoms with E-state index < -0.39 is 20.5 Å². The van der Waals surface area contributed by atoms with Gasteiger partial charge in [0.2, 0.25) is 8.32 Å². The molecular formula is C25H44O3Si. The second-order valence-corrected chi connectivity index (χ2v) is 15.0. The predicted molar refractivity (Wildman–Crippen MR) is 127 cm³/mol. The van der Waals surface area contributed by atoms with Gasteiger partial charge in [0.15, 0.2) is 0 Å². The fourth-order valence-electron chi connectivity index (χ4n) is 4.56. The zero-order valence-corrected chi connectivity index (χ0v) is 20.8. The van der Waals surface area contributed by atoms with E-state index in [0.717, 1.165) is 12.8 Å². The van der Waals surface area contributed by atoms with Crippen LogP contribution < -0.4 is 0 Å². The highest BCUT2D eigenvalue weighted by Gasteiger charge is 2.46. The largest absolute Gasteiger partial charge is 0.410 e. The zero-order chi connectivity index (χ0) is 22.2. The van der Waals surface area contributed by atoms with Gasteiger partial charge in [0.25, 0.3) is 0 Å². The summed E-state index contributed by atoms with van der Waals surface area (Å²) in [6.07, 6.45) is 3.83. The monoisotopic (exact) mass is 420 g/mol. The van der Waals surface area contributed by atoms with Crippen molar-refractivity contribution in [1.82, 2.24) is 0 Å². The Morgan fingerprint density at radius 1 is 0.828 bits per heavy atom. The minimum Gasteiger partial charge on any atom is -0.410 e. The third-order valence-corrected chi connectivity index (χ3v) is 12.3. The van der Waals surface area contributed by atoms with E-state index in [1.807, 2.05) is 26.0 Å². The molecule has 3 nitrogen and oxygen atoms in total. The van der Waals surface area contributed by atoms with Crippen molar-refractivity contribution in [2.75, 3.05) is 0 Å². The number of hydrogen-bond acceptors (Lipinski definition) is 3. The Bertz CT molecular complexity index is 574. The van der Waals surface area contributed by atoms with Crippen LogP contribution in [-0.4, -0.2) is 36.8 Å². The van der Waals surface area contributed by atoms with Crippen molar-refractivity contribution in [3.8, 4) is 0 Å². The topological polar surface area (TPSA) is 49.7 Å². The van der Waals surface area contributed by atoms with Gasteiger partial charge in [-0.05, 0) is 40.9 Å². The molecule has 2 N–H and O–H groups in total. The number of hydrogen-bond donors (Lipinski definition) is 2. The van der Waals surface area contributed by atoms with Crippen LogP contribution in [0.25, 0.3) is 0 Å². The SMILES string of the molecule is CC(C)[C@@H](O)[C@@H](O)/C=C\[C@H](CCc1ccccc1)O[Si](C(C)C)(C(C)C)C(C)C. The van der Waals surface area contributed by atoms with E-state index in [9.17, 15) is 10.2 Å². The minimum absolute atomic E-state index is 0.00814. The molecule has 1 aromatic rings. The Kier molecular flexibility index (Phi) is 10.8. The number of aliphatic hydroxyl groups is 2. The van der Waals surface area contributed by atoms with E-state index >= 15 is 0 Å².